The van der Waals surface area contributed by atoms with Gasteiger partial charge in [0.25, 0.3) is 0 Å². The van der Waals surface area contributed by atoms with Gasteiger partial charge in [0.2, 0.25) is 0 Å². The van der Waals surface area contributed by atoms with Crippen molar-refractivity contribution in [2.75, 3.05) is 7.11 Å². The van der Waals surface area contributed by atoms with Gasteiger partial charge in [-0.3, -0.25) is 0 Å². The van der Waals surface area contributed by atoms with Crippen LogP contribution in [0.5, 0.6) is 0 Å². The predicted molar refractivity (Wildman–Crippen MR) is 60.2 cm³/mol. The summed E-state index contributed by atoms with van der Waals surface area (Å²) >= 11 is 0. The molecule has 0 aromatic carbocycles. The lowest BCUT2D eigenvalue weighted by Crippen LogP contribution is -1.91. The second kappa shape index (κ2) is 14.5. The van der Waals surface area contributed by atoms with E-state index in [1.165, 1.54) is 39.0 Å². The Morgan fingerprint density at radius 1 is 1.29 bits per heavy atom. The van der Waals surface area contributed by atoms with Crippen molar-refractivity contribution in [3.8, 4) is 0 Å². The summed E-state index contributed by atoms with van der Waals surface area (Å²) in [4.78, 5) is 4.34. The molecule has 0 atom stereocenters. The highest BCUT2D eigenvalue weighted by molar-refractivity contribution is 6.29. The minimum Gasteiger partial charge on any atom is -0.411 e. The highest BCUT2D eigenvalue weighted by Gasteiger charge is 1.79. The maximum absolute atomic E-state index is 7.90. The van der Waals surface area contributed by atoms with Gasteiger partial charge in [0, 0.05) is 0 Å². The molecule has 14 heavy (non-hydrogen) atoms. The zero-order valence-corrected chi connectivity index (χ0v) is 9.66. The zero-order chi connectivity index (χ0) is 11.2. The minimum absolute atomic E-state index is 0.523. The van der Waals surface area contributed by atoms with Crippen LogP contribution in [0, 0.1) is 0 Å². The van der Waals surface area contributed by atoms with Gasteiger partial charge in [-0.05, 0) is 6.92 Å². The van der Waals surface area contributed by atoms with E-state index in [-0.39, 0.29) is 0 Å². The Labute approximate surface area is 86.6 Å². The third-order valence-corrected chi connectivity index (χ3v) is 1.44. The third kappa shape index (κ3) is 17.1. The first-order valence-corrected chi connectivity index (χ1v) is 4.98. The standard InChI is InChI=1S/C6H14.C4H8N2O2/c1-3-5-6-4-2;1-4(3-5-7)6-8-2/h3-6H2,1-2H3;3,7H,1-2H3. The smallest absolute Gasteiger partial charge is 0.106 e. The van der Waals surface area contributed by atoms with Gasteiger partial charge in [-0.15, -0.1) is 0 Å². The Kier molecular flexibility index (Phi) is 15.9. The third-order valence-electron chi connectivity index (χ3n) is 1.44. The molecule has 0 aromatic rings. The number of hydrogen-bond donors (Lipinski definition) is 1. The van der Waals surface area contributed by atoms with Crippen molar-refractivity contribution in [2.45, 2.75) is 46.5 Å². The second-order valence-corrected chi connectivity index (χ2v) is 2.87. The van der Waals surface area contributed by atoms with E-state index in [0.29, 0.717) is 5.71 Å². The molecule has 0 rings (SSSR count). The number of rotatable bonds is 5. The molecular weight excluding hydrogens is 180 g/mol. The van der Waals surface area contributed by atoms with Gasteiger partial charge in [0.1, 0.15) is 7.11 Å². The van der Waals surface area contributed by atoms with E-state index in [0.717, 1.165) is 0 Å². The molecule has 0 saturated heterocycles. The lowest BCUT2D eigenvalue weighted by molar-refractivity contribution is 0.214. The van der Waals surface area contributed by atoms with Crippen LogP contribution in [0.25, 0.3) is 0 Å². The molecule has 0 saturated carbocycles. The average molecular weight is 202 g/mol. The molecular formula is C10H22N2O2. The van der Waals surface area contributed by atoms with Crippen molar-refractivity contribution < 1.29 is 10.0 Å². The molecule has 0 aliphatic rings. The zero-order valence-electron chi connectivity index (χ0n) is 9.66. The molecule has 1 N–H and O–H groups in total. The molecule has 0 fully saturated rings. The maximum Gasteiger partial charge on any atom is 0.106 e. The van der Waals surface area contributed by atoms with Gasteiger partial charge < -0.3 is 10.0 Å². The van der Waals surface area contributed by atoms with Crippen LogP contribution in [0.4, 0.5) is 0 Å². The van der Waals surface area contributed by atoms with Crippen LogP contribution < -0.4 is 0 Å². The van der Waals surface area contributed by atoms with Gasteiger partial charge >= 0.3 is 0 Å². The van der Waals surface area contributed by atoms with Crippen LogP contribution in [0.15, 0.2) is 10.3 Å². The second-order valence-electron chi connectivity index (χ2n) is 2.87. The summed E-state index contributed by atoms with van der Waals surface area (Å²) in [6, 6.07) is 0. The molecule has 4 heteroatoms. The molecule has 4 nitrogen and oxygen atoms in total. The Balaban J connectivity index is 0. The summed E-state index contributed by atoms with van der Waals surface area (Å²) in [7, 11) is 1.43. The van der Waals surface area contributed by atoms with E-state index in [4.69, 9.17) is 5.21 Å². The van der Waals surface area contributed by atoms with Crippen molar-refractivity contribution in [3.05, 3.63) is 0 Å². The fourth-order valence-corrected chi connectivity index (χ4v) is 0.751. The van der Waals surface area contributed by atoms with E-state index in [9.17, 15) is 0 Å². The van der Waals surface area contributed by atoms with Crippen molar-refractivity contribution in [1.29, 1.82) is 0 Å². The fraction of sp³-hybridized carbons (Fsp3) is 0.800. The van der Waals surface area contributed by atoms with Crippen LogP contribution in [0.3, 0.4) is 0 Å². The van der Waals surface area contributed by atoms with Gasteiger partial charge in [-0.25, -0.2) is 0 Å². The van der Waals surface area contributed by atoms with Crippen LogP contribution in [0.1, 0.15) is 46.5 Å². The number of unbranched alkanes of at least 4 members (excludes halogenated alkanes) is 3. The van der Waals surface area contributed by atoms with Crippen LogP contribution >= 0.6 is 0 Å². The van der Waals surface area contributed by atoms with Crippen molar-refractivity contribution in [2.24, 2.45) is 10.3 Å². The van der Waals surface area contributed by atoms with Crippen LogP contribution in [-0.2, 0) is 4.84 Å². The Hall–Kier alpha value is -1.06. The van der Waals surface area contributed by atoms with E-state index in [1.54, 1.807) is 6.92 Å². The normalized spacial score (nSPS) is 11.0. The first-order valence-electron chi connectivity index (χ1n) is 4.98. The van der Waals surface area contributed by atoms with Crippen molar-refractivity contribution in [3.63, 3.8) is 0 Å². The topological polar surface area (TPSA) is 54.2 Å². The van der Waals surface area contributed by atoms with Crippen LogP contribution in [-0.4, -0.2) is 24.2 Å². The molecule has 0 heterocycles. The molecule has 0 aliphatic carbocycles. The monoisotopic (exact) mass is 202 g/mol. The molecule has 0 aliphatic heterocycles. The lowest BCUT2D eigenvalue weighted by Gasteiger charge is -1.86. The molecule has 0 radical (unpaired) electrons. The Morgan fingerprint density at radius 2 is 1.79 bits per heavy atom. The summed E-state index contributed by atoms with van der Waals surface area (Å²) < 4.78 is 0. The highest BCUT2D eigenvalue weighted by atomic mass is 16.6. The molecule has 0 aromatic heterocycles. The minimum atomic E-state index is 0.523. The Morgan fingerprint density at radius 3 is 2.07 bits per heavy atom. The van der Waals surface area contributed by atoms with E-state index < -0.39 is 0 Å². The lowest BCUT2D eigenvalue weighted by atomic mass is 10.2. The number of hydrogen-bond acceptors (Lipinski definition) is 4. The average Bonchev–Trinajstić information content (AvgIpc) is 2.16. The highest BCUT2D eigenvalue weighted by Crippen LogP contribution is 1.95. The summed E-state index contributed by atoms with van der Waals surface area (Å²) in [6.07, 6.45) is 6.72. The molecule has 0 bridgehead atoms. The summed E-state index contributed by atoms with van der Waals surface area (Å²) in [5.74, 6) is 0. The molecule has 0 amide bonds. The first kappa shape index (κ1) is 15.4. The van der Waals surface area contributed by atoms with Gasteiger partial charge in [-0.2, -0.15) is 0 Å². The largest absolute Gasteiger partial charge is 0.411 e. The van der Waals surface area contributed by atoms with E-state index in [2.05, 4.69) is 29.0 Å². The first-order chi connectivity index (χ1) is 6.72. The van der Waals surface area contributed by atoms with Gasteiger partial charge in [0.15, 0.2) is 0 Å². The van der Waals surface area contributed by atoms with Crippen molar-refractivity contribution in [1.82, 2.24) is 0 Å². The van der Waals surface area contributed by atoms with Crippen molar-refractivity contribution >= 4 is 11.9 Å². The molecule has 0 spiro atoms. The summed E-state index contributed by atoms with van der Waals surface area (Å²) in [6.45, 7) is 6.12. The molecule has 0 unspecified atom stereocenters. The predicted octanol–water partition coefficient (Wildman–Crippen LogP) is 3.06. The fourth-order valence-electron chi connectivity index (χ4n) is 0.751. The summed E-state index contributed by atoms with van der Waals surface area (Å²) in [5.41, 5.74) is 0.523. The van der Waals surface area contributed by atoms with Crippen LogP contribution in [0.2, 0.25) is 0 Å². The SMILES string of the molecule is CCCCCC.CON=C(C)C=NO. The maximum atomic E-state index is 7.90. The molecule has 84 valence electrons. The van der Waals surface area contributed by atoms with E-state index >= 15 is 0 Å². The Bertz CT molecular complexity index is 152. The summed E-state index contributed by atoms with van der Waals surface area (Å²) in [5, 5.41) is 14.0. The van der Waals surface area contributed by atoms with Gasteiger partial charge in [0.05, 0.1) is 11.9 Å². The van der Waals surface area contributed by atoms with Gasteiger partial charge in [-0.1, -0.05) is 49.8 Å². The number of nitrogens with zero attached hydrogens (tertiary/aromatic N) is 2. The van der Waals surface area contributed by atoms with E-state index in [1.807, 2.05) is 0 Å². The number of oxime groups is 2. The quantitative estimate of drug-likeness (QED) is 0.322.